The second-order valence-electron chi connectivity index (χ2n) is 5.79. The van der Waals surface area contributed by atoms with Crippen LogP contribution in [0.3, 0.4) is 0 Å². The maximum absolute atomic E-state index is 13.3. The third-order valence-corrected chi connectivity index (χ3v) is 3.77. The van der Waals surface area contributed by atoms with Gasteiger partial charge in [0.05, 0.1) is 12.7 Å². The van der Waals surface area contributed by atoms with Gasteiger partial charge in [-0.2, -0.15) is 0 Å². The minimum Gasteiger partial charge on any atom is -0.377 e. The van der Waals surface area contributed by atoms with Crippen LogP contribution < -0.4 is 5.49 Å². The molecule has 2 N–H and O–H groups in total. The van der Waals surface area contributed by atoms with E-state index in [-0.39, 0.29) is 17.6 Å². The molecule has 0 aromatic carbocycles. The van der Waals surface area contributed by atoms with Crippen molar-refractivity contribution in [2.75, 3.05) is 40.3 Å². The number of aromatic nitrogens is 1. The van der Waals surface area contributed by atoms with Crippen LogP contribution in [0.4, 0.5) is 4.39 Å². The summed E-state index contributed by atoms with van der Waals surface area (Å²) in [6.07, 6.45) is 3.10. The third kappa shape index (κ3) is 4.38. The molecule has 2 heterocycles. The standard InChI is InChI=1S/C15H24FN5O/c1-19(2)9-10-22-13-5-7-20(8-6-13)15(18)21-11-12(16)3-4-14(21)17/h3-4,11,13,17-18H,5-10H2,1-2H3. The van der Waals surface area contributed by atoms with Gasteiger partial charge in [-0.05, 0) is 39.1 Å². The second-order valence-corrected chi connectivity index (χ2v) is 5.79. The number of halogens is 1. The quantitative estimate of drug-likeness (QED) is 0.642. The molecule has 1 aliphatic heterocycles. The van der Waals surface area contributed by atoms with E-state index in [0.29, 0.717) is 19.7 Å². The van der Waals surface area contributed by atoms with Gasteiger partial charge in [0, 0.05) is 25.8 Å². The van der Waals surface area contributed by atoms with E-state index in [9.17, 15) is 4.39 Å². The Kier molecular flexibility index (Phi) is 5.68. The van der Waals surface area contributed by atoms with Crippen molar-refractivity contribution in [3.63, 3.8) is 0 Å². The van der Waals surface area contributed by atoms with Gasteiger partial charge in [0.1, 0.15) is 11.3 Å². The van der Waals surface area contributed by atoms with Crippen molar-refractivity contribution in [3.05, 3.63) is 29.6 Å². The smallest absolute Gasteiger partial charge is 0.203 e. The first-order chi connectivity index (χ1) is 10.5. The lowest BCUT2D eigenvalue weighted by atomic mass is 10.1. The van der Waals surface area contributed by atoms with Crippen LogP contribution in [0.15, 0.2) is 18.3 Å². The normalized spacial score (nSPS) is 16.3. The zero-order valence-corrected chi connectivity index (χ0v) is 13.2. The molecule has 0 radical (unpaired) electrons. The maximum atomic E-state index is 13.3. The summed E-state index contributed by atoms with van der Waals surface area (Å²) in [4.78, 5) is 3.95. The molecule has 1 aliphatic rings. The van der Waals surface area contributed by atoms with Gasteiger partial charge in [0.25, 0.3) is 0 Å². The van der Waals surface area contributed by atoms with E-state index in [1.165, 1.54) is 22.9 Å². The monoisotopic (exact) mass is 309 g/mol. The molecule has 0 aliphatic carbocycles. The number of nitrogens with one attached hydrogen (secondary N) is 2. The molecule has 7 heteroatoms. The molecule has 122 valence electrons. The van der Waals surface area contributed by atoms with E-state index in [1.54, 1.807) is 0 Å². The minimum absolute atomic E-state index is 0.107. The number of ether oxygens (including phenoxy) is 1. The van der Waals surface area contributed by atoms with Gasteiger partial charge in [-0.15, -0.1) is 0 Å². The maximum Gasteiger partial charge on any atom is 0.203 e. The molecule has 6 nitrogen and oxygen atoms in total. The molecule has 22 heavy (non-hydrogen) atoms. The highest BCUT2D eigenvalue weighted by Crippen LogP contribution is 2.14. The molecule has 1 fully saturated rings. The second kappa shape index (κ2) is 7.51. The number of likely N-dealkylation sites (tertiary alicyclic amines) is 1. The minimum atomic E-state index is -0.442. The summed E-state index contributed by atoms with van der Waals surface area (Å²) >= 11 is 0. The molecule has 1 saturated heterocycles. The zero-order chi connectivity index (χ0) is 16.1. The van der Waals surface area contributed by atoms with E-state index >= 15 is 0 Å². The lowest BCUT2D eigenvalue weighted by molar-refractivity contribution is 0.0125. The van der Waals surface area contributed by atoms with Gasteiger partial charge in [0.2, 0.25) is 5.96 Å². The van der Waals surface area contributed by atoms with Crippen LogP contribution in [0.5, 0.6) is 0 Å². The molecule has 0 atom stereocenters. The van der Waals surface area contributed by atoms with Crippen molar-refractivity contribution in [2.24, 2.45) is 0 Å². The molecular weight excluding hydrogens is 285 g/mol. The lowest BCUT2D eigenvalue weighted by Crippen LogP contribution is -2.46. The van der Waals surface area contributed by atoms with Crippen LogP contribution in [-0.2, 0) is 4.74 Å². The molecule has 1 aromatic rings. The SMILES string of the molecule is CN(C)CCOC1CCN(C(=N)n2cc(F)ccc2=N)CC1. The van der Waals surface area contributed by atoms with E-state index in [2.05, 4.69) is 4.90 Å². The summed E-state index contributed by atoms with van der Waals surface area (Å²) in [6, 6.07) is 2.60. The molecule has 2 rings (SSSR count). The molecule has 0 spiro atoms. The van der Waals surface area contributed by atoms with Crippen molar-refractivity contribution in [3.8, 4) is 0 Å². The first-order valence-corrected chi connectivity index (χ1v) is 7.50. The van der Waals surface area contributed by atoms with E-state index < -0.39 is 5.82 Å². The van der Waals surface area contributed by atoms with E-state index in [0.717, 1.165) is 19.4 Å². The molecule has 1 aromatic heterocycles. The van der Waals surface area contributed by atoms with Crippen LogP contribution in [0.1, 0.15) is 12.8 Å². The molecule has 0 amide bonds. The lowest BCUT2D eigenvalue weighted by Gasteiger charge is -2.34. The highest BCUT2D eigenvalue weighted by molar-refractivity contribution is 5.79. The fraction of sp³-hybridized carbons (Fsp3) is 0.600. The predicted octanol–water partition coefficient (Wildman–Crippen LogP) is 0.932. The van der Waals surface area contributed by atoms with Gasteiger partial charge in [-0.1, -0.05) is 0 Å². The Morgan fingerprint density at radius 3 is 2.68 bits per heavy atom. The number of nitrogens with zero attached hydrogens (tertiary/aromatic N) is 3. The zero-order valence-electron chi connectivity index (χ0n) is 13.2. The van der Waals surface area contributed by atoms with Crippen molar-refractivity contribution in [1.82, 2.24) is 14.4 Å². The van der Waals surface area contributed by atoms with Crippen molar-refractivity contribution in [2.45, 2.75) is 18.9 Å². The van der Waals surface area contributed by atoms with Gasteiger partial charge in [0.15, 0.2) is 0 Å². The number of pyridine rings is 1. The van der Waals surface area contributed by atoms with Crippen LogP contribution in [-0.4, -0.2) is 66.8 Å². The number of likely N-dealkylation sites (N-methyl/N-ethyl adjacent to an activating group) is 1. The van der Waals surface area contributed by atoms with Gasteiger partial charge >= 0.3 is 0 Å². The Labute approximate surface area is 130 Å². The summed E-state index contributed by atoms with van der Waals surface area (Å²) in [5, 5.41) is 16.0. The number of piperidine rings is 1. The van der Waals surface area contributed by atoms with Crippen LogP contribution >= 0.6 is 0 Å². The van der Waals surface area contributed by atoms with Gasteiger partial charge in [-0.3, -0.25) is 15.4 Å². The first kappa shape index (κ1) is 16.6. The van der Waals surface area contributed by atoms with Gasteiger partial charge in [-0.25, -0.2) is 4.39 Å². The van der Waals surface area contributed by atoms with Crippen LogP contribution in [0.25, 0.3) is 0 Å². The van der Waals surface area contributed by atoms with E-state index in [1.807, 2.05) is 19.0 Å². The average molecular weight is 309 g/mol. The highest BCUT2D eigenvalue weighted by Gasteiger charge is 2.22. The number of hydrogen-bond acceptors (Lipinski definition) is 4. The Balaban J connectivity index is 1.87. The molecular formula is C15H24FN5O. The largest absolute Gasteiger partial charge is 0.377 e. The average Bonchev–Trinajstić information content (AvgIpc) is 2.49. The Morgan fingerprint density at radius 1 is 1.36 bits per heavy atom. The summed E-state index contributed by atoms with van der Waals surface area (Å²) in [5.41, 5.74) is 0.107. The fourth-order valence-corrected chi connectivity index (χ4v) is 2.44. The van der Waals surface area contributed by atoms with E-state index in [4.69, 9.17) is 15.6 Å². The molecule has 0 saturated carbocycles. The first-order valence-electron chi connectivity index (χ1n) is 7.50. The highest BCUT2D eigenvalue weighted by atomic mass is 19.1. The van der Waals surface area contributed by atoms with Crippen molar-refractivity contribution < 1.29 is 9.13 Å². The fourth-order valence-electron chi connectivity index (χ4n) is 2.44. The summed E-state index contributed by atoms with van der Waals surface area (Å²) in [6.45, 7) is 2.99. The Bertz CT molecular complexity index is 563. The number of hydrogen-bond donors (Lipinski definition) is 2. The summed E-state index contributed by atoms with van der Waals surface area (Å²) < 4.78 is 20.4. The van der Waals surface area contributed by atoms with Crippen molar-refractivity contribution in [1.29, 1.82) is 10.8 Å². The predicted molar refractivity (Wildman–Crippen MR) is 82.5 cm³/mol. The molecule has 0 unspecified atom stereocenters. The molecule has 0 bridgehead atoms. The number of rotatable bonds is 4. The Morgan fingerprint density at radius 2 is 2.05 bits per heavy atom. The van der Waals surface area contributed by atoms with Gasteiger partial charge < -0.3 is 14.5 Å². The third-order valence-electron chi connectivity index (χ3n) is 3.77. The van der Waals surface area contributed by atoms with Crippen molar-refractivity contribution >= 4 is 5.96 Å². The summed E-state index contributed by atoms with van der Waals surface area (Å²) in [5.74, 6) is -0.293. The van der Waals surface area contributed by atoms with Crippen LogP contribution in [0.2, 0.25) is 0 Å². The Hall–Kier alpha value is -1.73. The van der Waals surface area contributed by atoms with Crippen LogP contribution in [0, 0.1) is 16.6 Å². The summed E-state index contributed by atoms with van der Waals surface area (Å²) in [7, 11) is 4.03. The topological polar surface area (TPSA) is 68.3 Å².